The Morgan fingerprint density at radius 1 is 0.903 bits per heavy atom. The highest BCUT2D eigenvalue weighted by Gasteiger charge is 2.15. The lowest BCUT2D eigenvalue weighted by Crippen LogP contribution is -2.34. The Labute approximate surface area is 192 Å². The van der Waals surface area contributed by atoms with E-state index < -0.39 is 0 Å². The first kappa shape index (κ1) is 21.1. The Kier molecular flexibility index (Phi) is 6.69. The number of halogens is 1. The summed E-state index contributed by atoms with van der Waals surface area (Å²) in [5.41, 5.74) is 3.48. The van der Waals surface area contributed by atoms with E-state index in [9.17, 15) is 9.59 Å². The van der Waals surface area contributed by atoms with Gasteiger partial charge in [-0.15, -0.1) is 0 Å². The minimum atomic E-state index is -0.290. The molecule has 0 radical (unpaired) electrons. The first-order valence-electron chi connectivity index (χ1n) is 9.58. The molecule has 0 bridgehead atoms. The Hall–Kier alpha value is -3.10. The summed E-state index contributed by atoms with van der Waals surface area (Å²) in [4.78, 5) is 29.2. The van der Waals surface area contributed by atoms with Gasteiger partial charge in [0.25, 0.3) is 0 Å². The van der Waals surface area contributed by atoms with Crippen molar-refractivity contribution in [3.63, 3.8) is 0 Å². The number of imidazole rings is 1. The molecular formula is C23H19BrN4O2S. The molecule has 1 heterocycles. The molecule has 0 saturated heterocycles. The molecule has 6 nitrogen and oxygen atoms in total. The largest absolute Gasteiger partial charge is 0.346 e. The van der Waals surface area contributed by atoms with Gasteiger partial charge in [-0.3, -0.25) is 14.2 Å². The van der Waals surface area contributed by atoms with E-state index in [-0.39, 0.29) is 24.1 Å². The van der Waals surface area contributed by atoms with Crippen LogP contribution in [0.3, 0.4) is 0 Å². The molecule has 0 saturated carbocycles. The fraction of sp³-hybridized carbons (Fsp3) is 0.0870. The molecule has 0 fully saturated rings. The molecule has 0 aliphatic carbocycles. The monoisotopic (exact) mass is 494 g/mol. The molecule has 1 aromatic heterocycles. The molecule has 3 aromatic carbocycles. The fourth-order valence-corrected chi connectivity index (χ4v) is 4.29. The van der Waals surface area contributed by atoms with Gasteiger partial charge in [-0.25, -0.2) is 4.98 Å². The smallest absolute Gasteiger partial charge is 0.243 e. The van der Waals surface area contributed by atoms with Crippen LogP contribution >= 0.6 is 27.7 Å². The zero-order chi connectivity index (χ0) is 21.6. The number of nitrogens with one attached hydrogen (secondary N) is 2. The van der Waals surface area contributed by atoms with Crippen molar-refractivity contribution in [3.8, 4) is 5.69 Å². The molecule has 4 aromatic rings. The van der Waals surface area contributed by atoms with E-state index in [1.807, 2.05) is 77.4 Å². The minimum Gasteiger partial charge on any atom is -0.346 e. The Morgan fingerprint density at radius 3 is 2.42 bits per heavy atom. The first-order chi connectivity index (χ1) is 15.1. The molecule has 0 unspecified atom stereocenters. The summed E-state index contributed by atoms with van der Waals surface area (Å²) < 4.78 is 2.82. The van der Waals surface area contributed by atoms with Crippen molar-refractivity contribution in [3.05, 3.63) is 83.3 Å². The van der Waals surface area contributed by atoms with Crippen LogP contribution in [0.2, 0.25) is 0 Å². The van der Waals surface area contributed by atoms with Crippen molar-refractivity contribution < 1.29 is 9.59 Å². The van der Waals surface area contributed by atoms with Gasteiger partial charge in [0.2, 0.25) is 11.8 Å². The molecule has 0 spiro atoms. The molecule has 4 rings (SSSR count). The third-order valence-electron chi connectivity index (χ3n) is 4.47. The number of fused-ring (bicyclic) bond motifs is 1. The second kappa shape index (κ2) is 9.80. The molecule has 0 atom stereocenters. The normalized spacial score (nSPS) is 10.7. The van der Waals surface area contributed by atoms with Gasteiger partial charge in [0.1, 0.15) is 0 Å². The maximum atomic E-state index is 12.3. The second-order valence-electron chi connectivity index (χ2n) is 6.65. The summed E-state index contributed by atoms with van der Waals surface area (Å²) in [6, 6.07) is 25.1. The number of hydrogen-bond donors (Lipinski definition) is 2. The van der Waals surface area contributed by atoms with E-state index in [1.165, 1.54) is 11.8 Å². The summed E-state index contributed by atoms with van der Waals surface area (Å²) in [5.74, 6) is -0.376. The Balaban J connectivity index is 1.39. The number of para-hydroxylation sites is 4. The van der Waals surface area contributed by atoms with E-state index in [4.69, 9.17) is 0 Å². The summed E-state index contributed by atoms with van der Waals surface area (Å²) in [6.07, 6.45) is 0. The molecule has 31 heavy (non-hydrogen) atoms. The lowest BCUT2D eigenvalue weighted by Gasteiger charge is -2.10. The van der Waals surface area contributed by atoms with Gasteiger partial charge >= 0.3 is 0 Å². The average Bonchev–Trinajstić information content (AvgIpc) is 3.17. The SMILES string of the molecule is O=C(CSc1nc2ccccc2n1-c1ccccc1)NCC(=O)Nc1ccccc1Br. The van der Waals surface area contributed by atoms with Gasteiger partial charge in [0, 0.05) is 10.2 Å². The van der Waals surface area contributed by atoms with Crippen molar-refractivity contribution in [2.24, 2.45) is 0 Å². The van der Waals surface area contributed by atoms with Crippen molar-refractivity contribution in [1.82, 2.24) is 14.9 Å². The van der Waals surface area contributed by atoms with Crippen molar-refractivity contribution in [1.29, 1.82) is 0 Å². The molecule has 0 aliphatic heterocycles. The van der Waals surface area contributed by atoms with Gasteiger partial charge in [-0.1, -0.05) is 54.2 Å². The van der Waals surface area contributed by atoms with E-state index in [2.05, 4.69) is 31.5 Å². The maximum Gasteiger partial charge on any atom is 0.243 e. The number of thioether (sulfide) groups is 1. The van der Waals surface area contributed by atoms with Crippen LogP contribution in [-0.4, -0.2) is 33.7 Å². The number of rotatable bonds is 7. The fourth-order valence-electron chi connectivity index (χ4n) is 3.04. The number of hydrogen-bond acceptors (Lipinski definition) is 4. The third-order valence-corrected chi connectivity index (χ3v) is 6.10. The average molecular weight is 495 g/mol. The lowest BCUT2D eigenvalue weighted by molar-refractivity contribution is -0.122. The summed E-state index contributed by atoms with van der Waals surface area (Å²) >= 11 is 4.72. The van der Waals surface area contributed by atoms with E-state index in [0.29, 0.717) is 5.69 Å². The number of benzene rings is 3. The lowest BCUT2D eigenvalue weighted by atomic mass is 10.3. The number of amides is 2. The second-order valence-corrected chi connectivity index (χ2v) is 8.44. The van der Waals surface area contributed by atoms with Gasteiger partial charge < -0.3 is 10.6 Å². The maximum absolute atomic E-state index is 12.3. The van der Waals surface area contributed by atoms with Gasteiger partial charge in [0.15, 0.2) is 5.16 Å². The van der Waals surface area contributed by atoms with Crippen molar-refractivity contribution in [2.75, 3.05) is 17.6 Å². The van der Waals surface area contributed by atoms with Gasteiger partial charge in [-0.05, 0) is 52.3 Å². The summed E-state index contributed by atoms with van der Waals surface area (Å²) in [5, 5.41) is 6.15. The van der Waals surface area contributed by atoms with E-state index in [1.54, 1.807) is 6.07 Å². The number of carbonyl (C=O) groups is 2. The highest BCUT2D eigenvalue weighted by molar-refractivity contribution is 9.10. The van der Waals surface area contributed by atoms with Crippen molar-refractivity contribution >= 4 is 56.2 Å². The molecule has 8 heteroatoms. The number of anilines is 1. The zero-order valence-corrected chi connectivity index (χ0v) is 18.8. The summed E-state index contributed by atoms with van der Waals surface area (Å²) in [7, 11) is 0. The van der Waals surface area contributed by atoms with Crippen LogP contribution in [0.15, 0.2) is 88.5 Å². The zero-order valence-electron chi connectivity index (χ0n) is 16.4. The summed E-state index contributed by atoms with van der Waals surface area (Å²) in [6.45, 7) is -0.101. The highest BCUT2D eigenvalue weighted by atomic mass is 79.9. The van der Waals surface area contributed by atoms with Crippen LogP contribution in [0.4, 0.5) is 5.69 Å². The molecule has 2 amide bonds. The van der Waals surface area contributed by atoms with Crippen LogP contribution in [0.25, 0.3) is 16.7 Å². The number of nitrogens with zero attached hydrogens (tertiary/aromatic N) is 2. The van der Waals surface area contributed by atoms with Crippen LogP contribution in [0.1, 0.15) is 0 Å². The van der Waals surface area contributed by atoms with Crippen LogP contribution in [0, 0.1) is 0 Å². The van der Waals surface area contributed by atoms with Crippen LogP contribution < -0.4 is 10.6 Å². The molecule has 2 N–H and O–H groups in total. The molecule has 0 aliphatic rings. The standard InChI is InChI=1S/C23H19BrN4O2S/c24-17-10-4-5-11-18(17)26-21(29)14-25-22(30)15-31-23-27-19-12-6-7-13-20(19)28(23)16-8-2-1-3-9-16/h1-13H,14-15H2,(H,25,30)(H,26,29). The highest BCUT2D eigenvalue weighted by Crippen LogP contribution is 2.27. The van der Waals surface area contributed by atoms with Crippen LogP contribution in [-0.2, 0) is 9.59 Å². The van der Waals surface area contributed by atoms with Crippen molar-refractivity contribution in [2.45, 2.75) is 5.16 Å². The van der Waals surface area contributed by atoms with Gasteiger partial charge in [0.05, 0.1) is 29.0 Å². The molecular weight excluding hydrogens is 476 g/mol. The number of carbonyl (C=O) groups excluding carboxylic acids is 2. The van der Waals surface area contributed by atoms with Gasteiger partial charge in [-0.2, -0.15) is 0 Å². The van der Waals surface area contributed by atoms with E-state index >= 15 is 0 Å². The Morgan fingerprint density at radius 2 is 1.61 bits per heavy atom. The predicted molar refractivity (Wildman–Crippen MR) is 128 cm³/mol. The first-order valence-corrected chi connectivity index (χ1v) is 11.4. The third kappa shape index (κ3) is 5.15. The quantitative estimate of drug-likeness (QED) is 0.367. The minimum absolute atomic E-state index is 0.101. The topological polar surface area (TPSA) is 76.0 Å². The Bertz CT molecular complexity index is 1230. The number of aromatic nitrogens is 2. The molecule has 156 valence electrons. The van der Waals surface area contributed by atoms with E-state index in [0.717, 1.165) is 26.3 Å². The predicted octanol–water partition coefficient (Wildman–Crippen LogP) is 4.64. The van der Waals surface area contributed by atoms with Crippen LogP contribution in [0.5, 0.6) is 0 Å².